The average molecular weight is 523 g/mol. The van der Waals surface area contributed by atoms with Gasteiger partial charge in [0.05, 0.1) is 28.2 Å². The van der Waals surface area contributed by atoms with E-state index in [-0.39, 0.29) is 17.7 Å². The van der Waals surface area contributed by atoms with Crippen molar-refractivity contribution in [1.82, 2.24) is 4.90 Å². The van der Waals surface area contributed by atoms with Crippen molar-refractivity contribution in [1.29, 1.82) is 0 Å². The summed E-state index contributed by atoms with van der Waals surface area (Å²) in [5.41, 5.74) is 2.86. The number of ether oxygens (including phenoxy) is 2. The third-order valence-electron chi connectivity index (χ3n) is 4.25. The lowest BCUT2D eigenvalue weighted by Crippen LogP contribution is -2.27. The Morgan fingerprint density at radius 2 is 1.76 bits per heavy atom. The molecule has 2 amide bonds. The molecule has 1 fully saturated rings. The van der Waals surface area contributed by atoms with E-state index in [0.717, 1.165) is 32.0 Å². The average Bonchev–Trinajstić information content (AvgIpc) is 2.94. The molecule has 0 atom stereocenters. The molecule has 0 radical (unpaired) electrons. The second-order valence-corrected chi connectivity index (χ2v) is 8.60. The third-order valence-corrected chi connectivity index (χ3v) is 5.96. The van der Waals surface area contributed by atoms with Crippen molar-refractivity contribution in [2.75, 3.05) is 13.2 Å². The number of benzene rings is 2. The Morgan fingerprint density at radius 3 is 2.41 bits per heavy atom. The maximum atomic E-state index is 12.8. The summed E-state index contributed by atoms with van der Waals surface area (Å²) in [6, 6.07) is 11.6. The fourth-order valence-electron chi connectivity index (χ4n) is 2.88. The minimum Gasteiger partial charge on any atom is -0.490 e. The number of hydrogen-bond acceptors (Lipinski definition) is 5. The molecular weight excluding hydrogens is 501 g/mol. The Hall–Kier alpha value is -2.00. The molecule has 0 N–H and O–H groups in total. The number of hydrogen-bond donors (Lipinski definition) is 0. The van der Waals surface area contributed by atoms with Crippen LogP contribution in [0.1, 0.15) is 30.5 Å². The summed E-state index contributed by atoms with van der Waals surface area (Å²) < 4.78 is 12.3. The molecule has 152 valence electrons. The molecule has 1 aliphatic heterocycles. The third kappa shape index (κ3) is 5.14. The highest BCUT2D eigenvalue weighted by atomic mass is 127. The number of aryl methyl sites for hydroxylation is 1. The summed E-state index contributed by atoms with van der Waals surface area (Å²) in [5.74, 6) is 1.05. The molecule has 2 aromatic rings. The molecule has 0 aromatic heterocycles. The fraction of sp³-hybridized carbons (Fsp3) is 0.273. The summed E-state index contributed by atoms with van der Waals surface area (Å²) in [7, 11) is 0. The number of thioether (sulfide) groups is 1. The summed E-state index contributed by atoms with van der Waals surface area (Å²) in [5, 5.41) is -0.257. The molecule has 1 heterocycles. The number of carbonyl (C=O) groups excluding carboxylic acids is 2. The van der Waals surface area contributed by atoms with Crippen LogP contribution in [0.2, 0.25) is 0 Å². The van der Waals surface area contributed by atoms with Crippen LogP contribution in [0.4, 0.5) is 4.79 Å². The van der Waals surface area contributed by atoms with Gasteiger partial charge in [-0.2, -0.15) is 0 Å². The minimum atomic E-state index is -0.276. The van der Waals surface area contributed by atoms with Gasteiger partial charge in [0.25, 0.3) is 11.1 Å². The molecule has 7 heteroatoms. The Morgan fingerprint density at radius 1 is 1.07 bits per heavy atom. The Balaban J connectivity index is 1.86. The summed E-state index contributed by atoms with van der Waals surface area (Å²) in [4.78, 5) is 26.9. The summed E-state index contributed by atoms with van der Waals surface area (Å²) in [6.07, 6.45) is 1.74. The number of nitrogens with zero attached hydrogens (tertiary/aromatic N) is 1. The lowest BCUT2D eigenvalue weighted by molar-refractivity contribution is -0.123. The van der Waals surface area contributed by atoms with Crippen LogP contribution in [-0.2, 0) is 11.3 Å². The first-order valence-electron chi connectivity index (χ1n) is 9.33. The van der Waals surface area contributed by atoms with Crippen molar-refractivity contribution >= 4 is 51.6 Å². The molecule has 1 aliphatic rings. The van der Waals surface area contributed by atoms with Gasteiger partial charge in [-0.3, -0.25) is 14.5 Å². The van der Waals surface area contributed by atoms with Crippen molar-refractivity contribution in [2.24, 2.45) is 0 Å². The topological polar surface area (TPSA) is 55.8 Å². The Bertz CT molecular complexity index is 956. The van der Waals surface area contributed by atoms with Gasteiger partial charge in [0.1, 0.15) is 0 Å². The molecule has 3 rings (SSSR count). The molecular formula is C22H22INO4S. The minimum absolute atomic E-state index is 0.257. The predicted molar refractivity (Wildman–Crippen MR) is 124 cm³/mol. The second kappa shape index (κ2) is 9.67. The maximum Gasteiger partial charge on any atom is 0.293 e. The molecule has 29 heavy (non-hydrogen) atoms. The van der Waals surface area contributed by atoms with Gasteiger partial charge in [-0.1, -0.05) is 29.8 Å². The number of halogens is 1. The molecule has 0 saturated carbocycles. The van der Waals surface area contributed by atoms with Crippen LogP contribution < -0.4 is 9.47 Å². The van der Waals surface area contributed by atoms with Crippen LogP contribution in [0.3, 0.4) is 0 Å². The van der Waals surface area contributed by atoms with Crippen LogP contribution >= 0.6 is 34.4 Å². The Labute approximate surface area is 188 Å². The van der Waals surface area contributed by atoms with Gasteiger partial charge >= 0.3 is 0 Å². The van der Waals surface area contributed by atoms with Gasteiger partial charge in [0.15, 0.2) is 11.5 Å². The highest BCUT2D eigenvalue weighted by molar-refractivity contribution is 14.1. The Kier molecular flexibility index (Phi) is 7.23. The smallest absolute Gasteiger partial charge is 0.293 e. The zero-order valence-electron chi connectivity index (χ0n) is 16.5. The van der Waals surface area contributed by atoms with E-state index >= 15 is 0 Å². The van der Waals surface area contributed by atoms with Crippen molar-refractivity contribution < 1.29 is 19.1 Å². The molecule has 5 nitrogen and oxygen atoms in total. The molecule has 0 spiro atoms. The van der Waals surface area contributed by atoms with E-state index in [0.29, 0.717) is 29.6 Å². The van der Waals surface area contributed by atoms with Gasteiger partial charge < -0.3 is 9.47 Å². The van der Waals surface area contributed by atoms with Crippen LogP contribution in [0.25, 0.3) is 6.08 Å². The fourth-order valence-corrected chi connectivity index (χ4v) is 4.50. The van der Waals surface area contributed by atoms with Gasteiger partial charge in [0.2, 0.25) is 0 Å². The first-order valence-corrected chi connectivity index (χ1v) is 11.2. The van der Waals surface area contributed by atoms with E-state index in [9.17, 15) is 9.59 Å². The standard InChI is InChI=1S/C22H22INO4S/c1-4-27-18-11-16(10-17(23)20(18)28-5-2)12-19-21(25)24(22(26)29-19)13-15-8-6-14(3)7-9-15/h6-12H,4-5,13H2,1-3H3/b19-12-. The maximum absolute atomic E-state index is 12.8. The van der Waals surface area contributed by atoms with Gasteiger partial charge in [-0.05, 0) is 84.5 Å². The van der Waals surface area contributed by atoms with Crippen molar-refractivity contribution in [3.63, 3.8) is 0 Å². The normalized spacial score (nSPS) is 15.3. The van der Waals surface area contributed by atoms with Crippen molar-refractivity contribution in [3.05, 3.63) is 61.6 Å². The van der Waals surface area contributed by atoms with Gasteiger partial charge in [-0.25, -0.2) is 0 Å². The molecule has 0 unspecified atom stereocenters. The van der Waals surface area contributed by atoms with E-state index in [1.54, 1.807) is 6.08 Å². The SMILES string of the molecule is CCOc1cc(/C=C2\SC(=O)N(Cc3ccc(C)cc3)C2=O)cc(I)c1OCC. The van der Waals surface area contributed by atoms with E-state index < -0.39 is 0 Å². The summed E-state index contributed by atoms with van der Waals surface area (Å²) in [6.45, 7) is 7.14. The highest BCUT2D eigenvalue weighted by Gasteiger charge is 2.35. The quantitative estimate of drug-likeness (QED) is 0.348. The zero-order chi connectivity index (χ0) is 21.0. The monoisotopic (exact) mass is 523 g/mol. The first kappa shape index (κ1) is 21.7. The van der Waals surface area contributed by atoms with Crippen LogP contribution in [0.15, 0.2) is 41.3 Å². The molecule has 0 bridgehead atoms. The number of rotatable bonds is 7. The van der Waals surface area contributed by atoms with E-state index in [4.69, 9.17) is 9.47 Å². The lowest BCUT2D eigenvalue weighted by Gasteiger charge is -2.14. The lowest BCUT2D eigenvalue weighted by atomic mass is 10.1. The molecule has 0 aliphatic carbocycles. The molecule has 1 saturated heterocycles. The number of amides is 2. The van der Waals surface area contributed by atoms with Crippen molar-refractivity contribution in [3.8, 4) is 11.5 Å². The van der Waals surface area contributed by atoms with Gasteiger partial charge in [-0.15, -0.1) is 0 Å². The predicted octanol–water partition coefficient (Wildman–Crippen LogP) is 5.63. The van der Waals surface area contributed by atoms with E-state index in [1.807, 2.05) is 57.2 Å². The van der Waals surface area contributed by atoms with Crippen molar-refractivity contribution in [2.45, 2.75) is 27.3 Å². The highest BCUT2D eigenvalue weighted by Crippen LogP contribution is 2.37. The second-order valence-electron chi connectivity index (χ2n) is 6.45. The largest absolute Gasteiger partial charge is 0.490 e. The van der Waals surface area contributed by atoms with Crippen LogP contribution in [0.5, 0.6) is 11.5 Å². The zero-order valence-corrected chi connectivity index (χ0v) is 19.5. The van der Waals surface area contributed by atoms with Crippen LogP contribution in [-0.4, -0.2) is 29.3 Å². The van der Waals surface area contributed by atoms with E-state index in [1.165, 1.54) is 4.90 Å². The van der Waals surface area contributed by atoms with Crippen LogP contribution in [0, 0.1) is 10.5 Å². The summed E-state index contributed by atoms with van der Waals surface area (Å²) >= 11 is 3.15. The molecule has 2 aromatic carbocycles. The van der Waals surface area contributed by atoms with Gasteiger partial charge in [0, 0.05) is 0 Å². The number of carbonyl (C=O) groups is 2. The number of imide groups is 1. The first-order chi connectivity index (χ1) is 13.9. The van der Waals surface area contributed by atoms with E-state index in [2.05, 4.69) is 22.6 Å².